The van der Waals surface area contributed by atoms with E-state index in [1.54, 1.807) is 31.4 Å². The highest BCUT2D eigenvalue weighted by Crippen LogP contribution is 2.18. The summed E-state index contributed by atoms with van der Waals surface area (Å²) in [7, 11) is 1.60. The smallest absolute Gasteiger partial charge is 0.273 e. The first kappa shape index (κ1) is 18.5. The fourth-order valence-electron chi connectivity index (χ4n) is 2.78. The number of oxazole rings is 1. The van der Waals surface area contributed by atoms with Crippen molar-refractivity contribution in [3.8, 4) is 11.5 Å². The van der Waals surface area contributed by atoms with Crippen LogP contribution < -0.4 is 14.8 Å². The average Bonchev–Trinajstić information content (AvgIpc) is 3.37. The number of pyridine rings is 1. The minimum Gasteiger partial charge on any atom is -0.497 e. The zero-order valence-electron chi connectivity index (χ0n) is 16.1. The molecule has 0 aliphatic rings. The average molecular weight is 392 g/mol. The molecule has 1 amide bonds. The van der Waals surface area contributed by atoms with E-state index in [1.807, 2.05) is 35.9 Å². The molecule has 8 nitrogen and oxygen atoms in total. The molecule has 1 aromatic carbocycles. The molecule has 0 spiro atoms. The number of methoxy groups -OCH3 is 1. The highest BCUT2D eigenvalue weighted by molar-refractivity contribution is 5.91. The van der Waals surface area contributed by atoms with Gasteiger partial charge in [0.05, 0.1) is 19.3 Å². The Morgan fingerprint density at radius 2 is 1.97 bits per heavy atom. The van der Waals surface area contributed by atoms with Crippen LogP contribution in [0.15, 0.2) is 59.5 Å². The Morgan fingerprint density at radius 3 is 2.76 bits per heavy atom. The Hall–Kier alpha value is -3.81. The van der Waals surface area contributed by atoms with Crippen LogP contribution in [0.4, 0.5) is 0 Å². The molecule has 4 aromatic rings. The highest BCUT2D eigenvalue weighted by atomic mass is 16.5. The quantitative estimate of drug-likeness (QED) is 0.520. The maximum atomic E-state index is 12.3. The third-order valence-electron chi connectivity index (χ3n) is 4.30. The van der Waals surface area contributed by atoms with Gasteiger partial charge in [-0.2, -0.15) is 0 Å². The molecule has 3 heterocycles. The van der Waals surface area contributed by atoms with Gasteiger partial charge in [0, 0.05) is 12.4 Å². The lowest BCUT2D eigenvalue weighted by molar-refractivity contribution is 0.0945. The van der Waals surface area contributed by atoms with Gasteiger partial charge >= 0.3 is 0 Å². The number of benzene rings is 1. The lowest BCUT2D eigenvalue weighted by atomic mass is 10.3. The summed E-state index contributed by atoms with van der Waals surface area (Å²) in [6.45, 7) is 2.42. The van der Waals surface area contributed by atoms with Crippen LogP contribution in [0.3, 0.4) is 0 Å². The van der Waals surface area contributed by atoms with Crippen LogP contribution >= 0.6 is 0 Å². The van der Waals surface area contributed by atoms with Crippen LogP contribution in [0.2, 0.25) is 0 Å². The number of ether oxygens (including phenoxy) is 2. The first-order valence-electron chi connectivity index (χ1n) is 9.04. The van der Waals surface area contributed by atoms with Crippen LogP contribution in [-0.2, 0) is 13.2 Å². The van der Waals surface area contributed by atoms with Gasteiger partial charge in [0.15, 0.2) is 12.3 Å². The van der Waals surface area contributed by atoms with Gasteiger partial charge in [-0.1, -0.05) is 0 Å². The van der Waals surface area contributed by atoms with E-state index in [2.05, 4.69) is 15.3 Å². The third kappa shape index (κ3) is 4.37. The molecule has 29 heavy (non-hydrogen) atoms. The number of carbonyl (C=O) groups excluding carboxylic acids is 1. The maximum Gasteiger partial charge on any atom is 0.273 e. The molecule has 148 valence electrons. The number of hydrogen-bond acceptors (Lipinski definition) is 6. The highest BCUT2D eigenvalue weighted by Gasteiger charge is 2.13. The van der Waals surface area contributed by atoms with Gasteiger partial charge < -0.3 is 23.6 Å². The molecule has 4 rings (SSSR count). The second-order valence-corrected chi connectivity index (χ2v) is 6.48. The van der Waals surface area contributed by atoms with Crippen molar-refractivity contribution in [1.82, 2.24) is 19.7 Å². The summed E-state index contributed by atoms with van der Waals surface area (Å²) >= 11 is 0. The van der Waals surface area contributed by atoms with E-state index in [9.17, 15) is 4.79 Å². The third-order valence-corrected chi connectivity index (χ3v) is 4.30. The van der Waals surface area contributed by atoms with E-state index in [-0.39, 0.29) is 18.2 Å². The van der Waals surface area contributed by atoms with Gasteiger partial charge in [-0.15, -0.1) is 0 Å². The molecule has 0 fully saturated rings. The van der Waals surface area contributed by atoms with E-state index in [0.29, 0.717) is 18.2 Å². The lowest BCUT2D eigenvalue weighted by Gasteiger charge is -2.04. The second-order valence-electron chi connectivity index (χ2n) is 6.48. The molecule has 3 aromatic heterocycles. The SMILES string of the molecule is COc1ccc(OCc2nc(C(=O)NCc3cn4ccc(C)cc4n3)co2)cc1. The molecule has 0 radical (unpaired) electrons. The van der Waals surface area contributed by atoms with E-state index < -0.39 is 0 Å². The fourth-order valence-corrected chi connectivity index (χ4v) is 2.78. The summed E-state index contributed by atoms with van der Waals surface area (Å²) in [6.07, 6.45) is 5.14. The Bertz CT molecular complexity index is 1130. The number of aryl methyl sites for hydroxylation is 1. The molecule has 0 saturated heterocycles. The zero-order chi connectivity index (χ0) is 20.2. The van der Waals surface area contributed by atoms with Crippen LogP contribution in [0.1, 0.15) is 27.6 Å². The van der Waals surface area contributed by atoms with Gasteiger partial charge in [-0.3, -0.25) is 4.79 Å². The number of rotatable bonds is 7. The van der Waals surface area contributed by atoms with Crippen molar-refractivity contribution in [3.05, 3.63) is 77.9 Å². The number of fused-ring (bicyclic) bond motifs is 1. The van der Waals surface area contributed by atoms with Crippen molar-refractivity contribution in [1.29, 1.82) is 0 Å². The summed E-state index contributed by atoms with van der Waals surface area (Å²) in [5, 5.41) is 2.80. The Labute approximate surface area is 167 Å². The van der Waals surface area contributed by atoms with Crippen LogP contribution in [0.5, 0.6) is 11.5 Å². The maximum absolute atomic E-state index is 12.3. The molecule has 0 bridgehead atoms. The first-order valence-corrected chi connectivity index (χ1v) is 9.04. The fraction of sp³-hybridized carbons (Fsp3) is 0.190. The van der Waals surface area contributed by atoms with Crippen molar-refractivity contribution in [2.45, 2.75) is 20.1 Å². The molecule has 8 heteroatoms. The van der Waals surface area contributed by atoms with Crippen molar-refractivity contribution < 1.29 is 18.7 Å². The van der Waals surface area contributed by atoms with Crippen LogP contribution in [0.25, 0.3) is 5.65 Å². The summed E-state index contributed by atoms with van der Waals surface area (Å²) in [5.41, 5.74) is 2.92. The predicted molar refractivity (Wildman–Crippen MR) is 105 cm³/mol. The molecule has 1 N–H and O–H groups in total. The molecule has 0 atom stereocenters. The number of carbonyl (C=O) groups is 1. The predicted octanol–water partition coefficient (Wildman–Crippen LogP) is 3.15. The van der Waals surface area contributed by atoms with E-state index >= 15 is 0 Å². The first-order chi connectivity index (χ1) is 14.1. The second kappa shape index (κ2) is 8.05. The molecule has 0 aliphatic carbocycles. The zero-order valence-corrected chi connectivity index (χ0v) is 16.1. The van der Waals surface area contributed by atoms with Crippen molar-refractivity contribution in [2.24, 2.45) is 0 Å². The minimum atomic E-state index is -0.335. The standard InChI is InChI=1S/C21H20N4O4/c1-14-7-8-25-11-15(23-19(25)9-14)10-22-21(26)18-12-29-20(24-18)13-28-17-5-3-16(27-2)4-6-17/h3-9,11-12H,10,13H2,1-2H3,(H,22,26). The summed E-state index contributed by atoms with van der Waals surface area (Å²) < 4.78 is 17.9. The van der Waals surface area contributed by atoms with Gasteiger partial charge in [0.1, 0.15) is 23.4 Å². The molecular weight excluding hydrogens is 372 g/mol. The van der Waals surface area contributed by atoms with E-state index in [0.717, 1.165) is 22.7 Å². The Kier molecular flexibility index (Phi) is 5.15. The number of hydrogen-bond donors (Lipinski definition) is 1. The normalized spacial score (nSPS) is 10.8. The summed E-state index contributed by atoms with van der Waals surface area (Å²) in [5.74, 6) is 1.37. The number of amides is 1. The van der Waals surface area contributed by atoms with E-state index in [4.69, 9.17) is 13.9 Å². The summed E-state index contributed by atoms with van der Waals surface area (Å²) in [6, 6.07) is 11.1. The monoisotopic (exact) mass is 392 g/mol. The largest absolute Gasteiger partial charge is 0.497 e. The van der Waals surface area contributed by atoms with Crippen molar-refractivity contribution in [3.63, 3.8) is 0 Å². The summed E-state index contributed by atoms with van der Waals surface area (Å²) in [4.78, 5) is 21.0. The van der Waals surface area contributed by atoms with Crippen LogP contribution in [0, 0.1) is 6.92 Å². The molecule has 0 unspecified atom stereocenters. The molecule has 0 aliphatic heterocycles. The number of aromatic nitrogens is 3. The number of imidazole rings is 1. The lowest BCUT2D eigenvalue weighted by Crippen LogP contribution is -2.23. The minimum absolute atomic E-state index is 0.116. The van der Waals surface area contributed by atoms with Crippen molar-refractivity contribution >= 4 is 11.6 Å². The van der Waals surface area contributed by atoms with Gasteiger partial charge in [-0.05, 0) is 48.9 Å². The Morgan fingerprint density at radius 1 is 1.17 bits per heavy atom. The van der Waals surface area contributed by atoms with Gasteiger partial charge in [0.2, 0.25) is 5.89 Å². The topological polar surface area (TPSA) is 90.9 Å². The van der Waals surface area contributed by atoms with Gasteiger partial charge in [0.25, 0.3) is 5.91 Å². The number of nitrogens with zero attached hydrogens (tertiary/aromatic N) is 3. The van der Waals surface area contributed by atoms with Crippen LogP contribution in [-0.4, -0.2) is 27.4 Å². The van der Waals surface area contributed by atoms with Gasteiger partial charge in [-0.25, -0.2) is 9.97 Å². The van der Waals surface area contributed by atoms with Crippen molar-refractivity contribution in [2.75, 3.05) is 7.11 Å². The molecular formula is C21H20N4O4. The number of nitrogens with one attached hydrogen (secondary N) is 1. The Balaban J connectivity index is 1.32. The molecule has 0 saturated carbocycles. The van der Waals surface area contributed by atoms with E-state index in [1.165, 1.54) is 6.26 Å².